The van der Waals surface area contributed by atoms with Crippen molar-refractivity contribution in [1.29, 1.82) is 0 Å². The van der Waals surface area contributed by atoms with Gasteiger partial charge >= 0.3 is 0 Å². The quantitative estimate of drug-likeness (QED) is 0.339. The summed E-state index contributed by atoms with van der Waals surface area (Å²) in [5.41, 5.74) is 0. The van der Waals surface area contributed by atoms with E-state index in [1.165, 1.54) is 0 Å². The molecule has 0 aliphatic heterocycles. The van der Waals surface area contributed by atoms with Gasteiger partial charge in [-0.2, -0.15) is 0 Å². The highest BCUT2D eigenvalue weighted by molar-refractivity contribution is 5.80. The Labute approximate surface area is 135 Å². The van der Waals surface area contributed by atoms with Gasteiger partial charge in [-0.1, -0.05) is 33.6 Å². The molecule has 0 bridgehead atoms. The Morgan fingerprint density at radius 1 is 1.00 bits per heavy atom. The monoisotopic (exact) mass is 316 g/mol. The van der Waals surface area contributed by atoms with Crippen molar-refractivity contribution in [1.82, 2.24) is 0 Å². The number of aliphatic hydroxyl groups is 3. The lowest BCUT2D eigenvalue weighted by atomic mass is 9.88. The van der Waals surface area contributed by atoms with Crippen LogP contribution in [0.25, 0.3) is 0 Å². The number of rotatable bonds is 14. The summed E-state index contributed by atoms with van der Waals surface area (Å²) in [4.78, 5) is 11.9. The van der Waals surface area contributed by atoms with Gasteiger partial charge in [0, 0.05) is 31.3 Å². The van der Waals surface area contributed by atoms with Crippen molar-refractivity contribution in [3.63, 3.8) is 0 Å². The van der Waals surface area contributed by atoms with E-state index in [0.29, 0.717) is 12.8 Å². The summed E-state index contributed by atoms with van der Waals surface area (Å²) in [7, 11) is 0. The van der Waals surface area contributed by atoms with Crippen LogP contribution in [0.1, 0.15) is 85.0 Å². The highest BCUT2D eigenvalue weighted by Crippen LogP contribution is 2.27. The molecule has 3 N–H and O–H groups in total. The summed E-state index contributed by atoms with van der Waals surface area (Å²) < 4.78 is 0. The minimum atomic E-state index is -1.57. The molecule has 0 spiro atoms. The number of ketones is 1. The van der Waals surface area contributed by atoms with Gasteiger partial charge in [0.1, 0.15) is 5.78 Å². The van der Waals surface area contributed by atoms with E-state index in [-0.39, 0.29) is 24.2 Å². The molecule has 0 aliphatic rings. The minimum Gasteiger partial charge on any atom is -0.396 e. The molecule has 0 amide bonds. The fourth-order valence-corrected chi connectivity index (χ4v) is 2.98. The number of carbonyl (C=O) groups excluding carboxylic acids is 1. The van der Waals surface area contributed by atoms with Crippen LogP contribution in [0, 0.1) is 11.8 Å². The fraction of sp³-hybridized carbons (Fsp3) is 0.944. The van der Waals surface area contributed by atoms with Gasteiger partial charge in [0.2, 0.25) is 0 Å². The molecule has 0 rings (SSSR count). The summed E-state index contributed by atoms with van der Waals surface area (Å²) in [5, 5.41) is 28.9. The number of hydrogen-bond donors (Lipinski definition) is 3. The van der Waals surface area contributed by atoms with Crippen LogP contribution in [0.2, 0.25) is 0 Å². The fourth-order valence-electron chi connectivity index (χ4n) is 2.98. The first kappa shape index (κ1) is 21.6. The molecule has 4 nitrogen and oxygen atoms in total. The zero-order valence-corrected chi connectivity index (χ0v) is 14.7. The molecule has 0 aromatic carbocycles. The third-order valence-corrected chi connectivity index (χ3v) is 4.70. The van der Waals surface area contributed by atoms with Gasteiger partial charge in [-0.25, -0.2) is 0 Å². The van der Waals surface area contributed by atoms with Gasteiger partial charge in [0.15, 0.2) is 5.79 Å². The SMILES string of the molecule is CCC(CC)C(O)(O)CCCCC(C)C(=O)CCCCCO. The van der Waals surface area contributed by atoms with Gasteiger partial charge in [-0.3, -0.25) is 4.79 Å². The second-order valence-corrected chi connectivity index (χ2v) is 6.54. The number of hydrogen-bond acceptors (Lipinski definition) is 4. The van der Waals surface area contributed by atoms with E-state index in [2.05, 4.69) is 0 Å². The van der Waals surface area contributed by atoms with Gasteiger partial charge < -0.3 is 15.3 Å². The summed E-state index contributed by atoms with van der Waals surface area (Å²) in [5.74, 6) is -1.30. The second kappa shape index (κ2) is 12.0. The Morgan fingerprint density at radius 2 is 1.64 bits per heavy atom. The molecule has 0 aliphatic carbocycles. The second-order valence-electron chi connectivity index (χ2n) is 6.54. The normalized spacial score (nSPS) is 13.6. The van der Waals surface area contributed by atoms with Crippen molar-refractivity contribution in [3.8, 4) is 0 Å². The third-order valence-electron chi connectivity index (χ3n) is 4.70. The van der Waals surface area contributed by atoms with Crippen LogP contribution in [-0.2, 0) is 4.79 Å². The lowest BCUT2D eigenvalue weighted by molar-refractivity contribution is -0.206. The molecule has 1 unspecified atom stereocenters. The Hall–Kier alpha value is -0.450. The first-order chi connectivity index (χ1) is 10.4. The van der Waals surface area contributed by atoms with Crippen LogP contribution in [0.4, 0.5) is 0 Å². The zero-order chi connectivity index (χ0) is 17.0. The molecule has 0 saturated heterocycles. The number of unbranched alkanes of at least 4 members (excludes halogenated alkanes) is 3. The van der Waals surface area contributed by atoms with E-state index in [0.717, 1.165) is 51.4 Å². The van der Waals surface area contributed by atoms with Crippen LogP contribution in [0.5, 0.6) is 0 Å². The minimum absolute atomic E-state index is 0.0501. The molecular formula is C18H36O4. The highest BCUT2D eigenvalue weighted by atomic mass is 16.5. The molecule has 0 radical (unpaired) electrons. The summed E-state index contributed by atoms with van der Waals surface area (Å²) >= 11 is 0. The summed E-state index contributed by atoms with van der Waals surface area (Å²) in [6.45, 7) is 6.12. The molecule has 22 heavy (non-hydrogen) atoms. The van der Waals surface area contributed by atoms with Crippen LogP contribution >= 0.6 is 0 Å². The predicted octanol–water partition coefficient (Wildman–Crippen LogP) is 3.42. The third kappa shape index (κ3) is 8.86. The van der Waals surface area contributed by atoms with Crippen molar-refractivity contribution >= 4 is 5.78 Å². The first-order valence-corrected chi connectivity index (χ1v) is 8.97. The lowest BCUT2D eigenvalue weighted by Gasteiger charge is -2.30. The maximum atomic E-state index is 11.9. The van der Waals surface area contributed by atoms with Crippen molar-refractivity contribution < 1.29 is 20.1 Å². The first-order valence-electron chi connectivity index (χ1n) is 8.97. The molecular weight excluding hydrogens is 280 g/mol. The number of Topliss-reactive ketones (excluding diaryl/α,β-unsaturated/α-hetero) is 1. The number of aliphatic hydroxyl groups excluding tert-OH is 1. The topological polar surface area (TPSA) is 77.8 Å². The Bertz CT molecular complexity index is 285. The lowest BCUT2D eigenvalue weighted by Crippen LogP contribution is -2.37. The van der Waals surface area contributed by atoms with Crippen molar-refractivity contribution in [2.24, 2.45) is 11.8 Å². The smallest absolute Gasteiger partial charge is 0.165 e. The van der Waals surface area contributed by atoms with E-state index in [1.54, 1.807) is 0 Å². The standard InChI is InChI=1S/C18H36O4/c1-4-16(5-2)18(21,22)13-9-8-11-15(3)17(20)12-7-6-10-14-19/h15-16,19,21-22H,4-14H2,1-3H3. The zero-order valence-electron chi connectivity index (χ0n) is 14.7. The van der Waals surface area contributed by atoms with E-state index in [9.17, 15) is 15.0 Å². The van der Waals surface area contributed by atoms with Crippen LogP contribution in [0.15, 0.2) is 0 Å². The highest BCUT2D eigenvalue weighted by Gasteiger charge is 2.31. The molecule has 0 aromatic heterocycles. The molecule has 4 heteroatoms. The van der Waals surface area contributed by atoms with E-state index in [1.807, 2.05) is 20.8 Å². The largest absolute Gasteiger partial charge is 0.396 e. The Kier molecular flexibility index (Phi) is 11.8. The molecule has 0 saturated carbocycles. The Morgan fingerprint density at radius 3 is 2.18 bits per heavy atom. The molecule has 0 aromatic rings. The maximum Gasteiger partial charge on any atom is 0.165 e. The summed E-state index contributed by atoms with van der Waals surface area (Å²) in [6.07, 6.45) is 7.47. The average molecular weight is 316 g/mol. The van der Waals surface area contributed by atoms with Crippen molar-refractivity contribution in [3.05, 3.63) is 0 Å². The predicted molar refractivity (Wildman–Crippen MR) is 89.4 cm³/mol. The van der Waals surface area contributed by atoms with Gasteiger partial charge in [0.05, 0.1) is 0 Å². The van der Waals surface area contributed by atoms with E-state index < -0.39 is 5.79 Å². The van der Waals surface area contributed by atoms with Gasteiger partial charge in [-0.15, -0.1) is 0 Å². The van der Waals surface area contributed by atoms with Gasteiger partial charge in [0.25, 0.3) is 0 Å². The molecule has 0 heterocycles. The molecule has 0 fully saturated rings. The maximum absolute atomic E-state index is 11.9. The van der Waals surface area contributed by atoms with E-state index in [4.69, 9.17) is 5.11 Å². The van der Waals surface area contributed by atoms with Gasteiger partial charge in [-0.05, 0) is 38.5 Å². The summed E-state index contributed by atoms with van der Waals surface area (Å²) in [6, 6.07) is 0. The van der Waals surface area contributed by atoms with Crippen LogP contribution < -0.4 is 0 Å². The van der Waals surface area contributed by atoms with Crippen LogP contribution in [-0.4, -0.2) is 33.5 Å². The molecule has 1 atom stereocenters. The van der Waals surface area contributed by atoms with Crippen molar-refractivity contribution in [2.75, 3.05) is 6.61 Å². The molecule has 132 valence electrons. The van der Waals surface area contributed by atoms with E-state index >= 15 is 0 Å². The van der Waals surface area contributed by atoms with Crippen LogP contribution in [0.3, 0.4) is 0 Å². The number of carbonyl (C=O) groups is 1. The Balaban J connectivity index is 3.87. The van der Waals surface area contributed by atoms with Crippen molar-refractivity contribution in [2.45, 2.75) is 90.8 Å². The average Bonchev–Trinajstić information content (AvgIpc) is 2.48.